The molecule has 0 radical (unpaired) electrons. The summed E-state index contributed by atoms with van der Waals surface area (Å²) in [5, 5.41) is 2.96. The number of hydrogen-bond acceptors (Lipinski definition) is 4. The van der Waals surface area contributed by atoms with Crippen molar-refractivity contribution in [2.45, 2.75) is 59.2 Å². The molecule has 0 fully saturated rings. The highest BCUT2D eigenvalue weighted by Crippen LogP contribution is 2.22. The third-order valence-electron chi connectivity index (χ3n) is 5.28. The van der Waals surface area contributed by atoms with Crippen LogP contribution in [0.1, 0.15) is 45.2 Å². The molecule has 7 nitrogen and oxygen atoms in total. The largest absolute Gasteiger partial charge is 0.350 e. The van der Waals surface area contributed by atoms with Gasteiger partial charge in [0.1, 0.15) is 12.6 Å². The molecule has 1 N–H and O–H groups in total. The predicted molar refractivity (Wildman–Crippen MR) is 140 cm³/mol. The summed E-state index contributed by atoms with van der Waals surface area (Å²) in [7, 11) is -3.75. The van der Waals surface area contributed by atoms with Crippen molar-refractivity contribution in [2.75, 3.05) is 17.1 Å². The fraction of sp³-hybridized carbons (Fsp3) is 0.440. The van der Waals surface area contributed by atoms with Gasteiger partial charge in [-0.25, -0.2) is 8.42 Å². The first-order valence-electron chi connectivity index (χ1n) is 11.1. The second-order valence-corrected chi connectivity index (χ2v) is 12.2. The Balaban J connectivity index is 2.46. The summed E-state index contributed by atoms with van der Waals surface area (Å²) >= 11 is 3.34. The first kappa shape index (κ1) is 27.9. The summed E-state index contributed by atoms with van der Waals surface area (Å²) in [4.78, 5) is 28.3. The van der Waals surface area contributed by atoms with Crippen molar-refractivity contribution in [1.82, 2.24) is 10.2 Å². The minimum atomic E-state index is -3.75. The molecule has 0 aliphatic heterocycles. The van der Waals surface area contributed by atoms with E-state index in [1.807, 2.05) is 58.9 Å². The molecule has 0 bridgehead atoms. The van der Waals surface area contributed by atoms with Crippen LogP contribution >= 0.6 is 15.9 Å². The van der Waals surface area contributed by atoms with Gasteiger partial charge >= 0.3 is 0 Å². The minimum Gasteiger partial charge on any atom is -0.350 e. The van der Waals surface area contributed by atoms with E-state index in [1.165, 1.54) is 4.90 Å². The van der Waals surface area contributed by atoms with Crippen molar-refractivity contribution in [3.63, 3.8) is 0 Å². The molecule has 9 heteroatoms. The lowest BCUT2D eigenvalue weighted by Crippen LogP contribution is -2.55. The third-order valence-corrected chi connectivity index (χ3v) is 6.95. The zero-order valence-electron chi connectivity index (χ0n) is 20.6. The molecule has 186 valence electrons. The van der Waals surface area contributed by atoms with Gasteiger partial charge in [-0.2, -0.15) is 0 Å². The quantitative estimate of drug-likeness (QED) is 0.504. The molecule has 2 aromatic rings. The molecular formula is C25H34BrN3O4S. The Morgan fingerprint density at radius 2 is 1.65 bits per heavy atom. The van der Waals surface area contributed by atoms with Crippen molar-refractivity contribution < 1.29 is 18.0 Å². The van der Waals surface area contributed by atoms with E-state index in [0.717, 1.165) is 26.2 Å². The molecule has 2 rings (SSSR count). The SMILES string of the molecule is CC[C@@H](C(=O)NC(C)(C)C)N(Cc1ccccc1C)C(=O)CN(c1ccc(Br)cc1)S(C)(=O)=O. The number of nitrogens with one attached hydrogen (secondary N) is 1. The number of benzene rings is 2. The van der Waals surface area contributed by atoms with Crippen molar-refractivity contribution in [3.8, 4) is 0 Å². The Morgan fingerprint density at radius 1 is 1.06 bits per heavy atom. The number of sulfonamides is 1. The summed E-state index contributed by atoms with van der Waals surface area (Å²) in [6.45, 7) is 9.20. The monoisotopic (exact) mass is 551 g/mol. The second-order valence-electron chi connectivity index (χ2n) is 9.36. The van der Waals surface area contributed by atoms with Crippen LogP contribution in [-0.2, 0) is 26.2 Å². The van der Waals surface area contributed by atoms with Crippen molar-refractivity contribution in [2.24, 2.45) is 0 Å². The summed E-state index contributed by atoms with van der Waals surface area (Å²) in [5.41, 5.74) is 1.78. The Hall–Kier alpha value is -2.39. The third kappa shape index (κ3) is 7.84. The molecule has 2 aromatic carbocycles. The van der Waals surface area contributed by atoms with Gasteiger partial charge in [-0.1, -0.05) is 47.1 Å². The Bertz CT molecular complexity index is 1110. The lowest BCUT2D eigenvalue weighted by molar-refractivity contribution is -0.141. The maximum atomic E-state index is 13.7. The summed E-state index contributed by atoms with van der Waals surface area (Å²) < 4.78 is 27.1. The van der Waals surface area contributed by atoms with Crippen LogP contribution in [-0.4, -0.2) is 49.5 Å². The van der Waals surface area contributed by atoms with E-state index >= 15 is 0 Å². The molecule has 34 heavy (non-hydrogen) atoms. The summed E-state index contributed by atoms with van der Waals surface area (Å²) in [6.07, 6.45) is 1.45. The topological polar surface area (TPSA) is 86.8 Å². The van der Waals surface area contributed by atoms with Crippen molar-refractivity contribution in [3.05, 3.63) is 64.1 Å². The highest BCUT2D eigenvalue weighted by Gasteiger charge is 2.33. The Labute approximate surface area is 211 Å². The molecule has 0 aliphatic rings. The van der Waals surface area contributed by atoms with Gasteiger partial charge in [0, 0.05) is 16.6 Å². The lowest BCUT2D eigenvalue weighted by Gasteiger charge is -2.34. The van der Waals surface area contributed by atoms with E-state index in [2.05, 4.69) is 21.2 Å². The molecule has 0 aromatic heterocycles. The zero-order chi connectivity index (χ0) is 25.7. The second kappa shape index (κ2) is 11.4. The average Bonchev–Trinajstić information content (AvgIpc) is 2.71. The molecule has 0 spiro atoms. The number of hydrogen-bond donors (Lipinski definition) is 1. The van der Waals surface area contributed by atoms with Crippen LogP contribution in [0.5, 0.6) is 0 Å². The highest BCUT2D eigenvalue weighted by atomic mass is 79.9. The standard InChI is InChI=1S/C25H34BrN3O4S/c1-7-22(24(31)27-25(3,4)5)28(16-19-11-9-8-10-18(19)2)23(30)17-29(34(6,32)33)21-14-12-20(26)13-15-21/h8-15,22H,7,16-17H2,1-6H3,(H,27,31)/t22-/m0/s1. The van der Waals surface area contributed by atoms with Gasteiger partial charge in [0.25, 0.3) is 0 Å². The molecule has 1 atom stereocenters. The van der Waals surface area contributed by atoms with E-state index in [4.69, 9.17) is 0 Å². The summed E-state index contributed by atoms with van der Waals surface area (Å²) in [5.74, 6) is -0.723. The van der Waals surface area contributed by atoms with E-state index in [1.54, 1.807) is 24.3 Å². The zero-order valence-corrected chi connectivity index (χ0v) is 23.0. The van der Waals surface area contributed by atoms with Crippen LogP contribution in [0.2, 0.25) is 0 Å². The van der Waals surface area contributed by atoms with Crippen LogP contribution in [0.4, 0.5) is 5.69 Å². The van der Waals surface area contributed by atoms with E-state index in [0.29, 0.717) is 12.1 Å². The highest BCUT2D eigenvalue weighted by molar-refractivity contribution is 9.10. The van der Waals surface area contributed by atoms with Gasteiger partial charge in [-0.15, -0.1) is 0 Å². The van der Waals surface area contributed by atoms with Crippen LogP contribution in [0, 0.1) is 6.92 Å². The number of anilines is 1. The average molecular weight is 553 g/mol. The summed E-state index contributed by atoms with van der Waals surface area (Å²) in [6, 6.07) is 13.6. The van der Waals surface area contributed by atoms with Crippen LogP contribution in [0.3, 0.4) is 0 Å². The van der Waals surface area contributed by atoms with E-state index in [-0.39, 0.29) is 12.5 Å². The normalized spacial score (nSPS) is 12.7. The molecule has 0 heterocycles. The number of rotatable bonds is 9. The predicted octanol–water partition coefficient (Wildman–Crippen LogP) is 4.25. The molecule has 0 unspecified atom stereocenters. The number of aryl methyl sites for hydroxylation is 1. The van der Waals surface area contributed by atoms with Crippen molar-refractivity contribution >= 4 is 43.5 Å². The number of carbonyl (C=O) groups excluding carboxylic acids is 2. The number of nitrogens with zero attached hydrogens (tertiary/aromatic N) is 2. The van der Waals surface area contributed by atoms with Gasteiger partial charge in [0.05, 0.1) is 11.9 Å². The van der Waals surface area contributed by atoms with E-state index < -0.39 is 34.1 Å². The van der Waals surface area contributed by atoms with Gasteiger partial charge in [-0.05, 0) is 69.5 Å². The maximum absolute atomic E-state index is 13.7. The molecular weight excluding hydrogens is 518 g/mol. The van der Waals surface area contributed by atoms with Crippen LogP contribution < -0.4 is 9.62 Å². The molecule has 0 aliphatic carbocycles. The van der Waals surface area contributed by atoms with Crippen molar-refractivity contribution in [1.29, 1.82) is 0 Å². The molecule has 0 saturated heterocycles. The smallest absolute Gasteiger partial charge is 0.244 e. The maximum Gasteiger partial charge on any atom is 0.244 e. The fourth-order valence-electron chi connectivity index (χ4n) is 3.56. The first-order chi connectivity index (χ1) is 15.7. The van der Waals surface area contributed by atoms with Gasteiger partial charge < -0.3 is 10.2 Å². The van der Waals surface area contributed by atoms with Gasteiger partial charge in [0.15, 0.2) is 0 Å². The Morgan fingerprint density at radius 3 is 2.15 bits per heavy atom. The number of halogens is 1. The van der Waals surface area contributed by atoms with E-state index in [9.17, 15) is 18.0 Å². The molecule has 2 amide bonds. The fourth-order valence-corrected chi connectivity index (χ4v) is 4.68. The Kier molecular flexibility index (Phi) is 9.30. The lowest BCUT2D eigenvalue weighted by atomic mass is 10.0. The molecule has 0 saturated carbocycles. The van der Waals surface area contributed by atoms with Gasteiger partial charge in [0.2, 0.25) is 21.8 Å². The first-order valence-corrected chi connectivity index (χ1v) is 13.8. The van der Waals surface area contributed by atoms with Gasteiger partial charge in [-0.3, -0.25) is 13.9 Å². The van der Waals surface area contributed by atoms with Crippen LogP contribution in [0.15, 0.2) is 53.0 Å². The number of amides is 2. The number of carbonyl (C=O) groups is 2. The van der Waals surface area contributed by atoms with Crippen LogP contribution in [0.25, 0.3) is 0 Å². The minimum absolute atomic E-state index is 0.194.